The van der Waals surface area contributed by atoms with Crippen LogP contribution in [0.4, 0.5) is 5.69 Å². The fourth-order valence-corrected chi connectivity index (χ4v) is 3.29. The molecular weight excluding hydrogens is 440 g/mol. The molecule has 2 unspecified atom stereocenters. The zero-order valence-electron chi connectivity index (χ0n) is 17.0. The second-order valence-corrected chi connectivity index (χ2v) is 7.40. The number of para-hydroxylation sites is 1. The van der Waals surface area contributed by atoms with Crippen molar-refractivity contribution >= 4 is 23.2 Å². The summed E-state index contributed by atoms with van der Waals surface area (Å²) in [5, 5.41) is 33.8. The molecular formula is C22H21ClN2O7. The molecule has 0 saturated carbocycles. The van der Waals surface area contributed by atoms with Gasteiger partial charge in [-0.25, -0.2) is 0 Å². The van der Waals surface area contributed by atoms with E-state index >= 15 is 0 Å². The van der Waals surface area contributed by atoms with Gasteiger partial charge in [-0.15, -0.1) is 0 Å². The molecule has 1 aromatic heterocycles. The van der Waals surface area contributed by atoms with Crippen LogP contribution < -0.4 is 10.1 Å². The first-order valence-corrected chi connectivity index (χ1v) is 9.98. The maximum atomic E-state index is 12.5. The molecule has 0 aliphatic heterocycles. The van der Waals surface area contributed by atoms with Gasteiger partial charge in [-0.1, -0.05) is 23.7 Å². The Hall–Kier alpha value is -3.40. The number of nitro benzene ring substituents is 1. The van der Waals surface area contributed by atoms with E-state index in [4.69, 9.17) is 20.8 Å². The number of aliphatic hydroxyl groups excluding tert-OH is 2. The van der Waals surface area contributed by atoms with Gasteiger partial charge in [-0.2, -0.15) is 0 Å². The Bertz CT molecular complexity index is 1080. The Morgan fingerprint density at radius 3 is 2.56 bits per heavy atom. The van der Waals surface area contributed by atoms with Crippen LogP contribution in [-0.4, -0.2) is 33.7 Å². The van der Waals surface area contributed by atoms with E-state index in [0.29, 0.717) is 22.1 Å². The van der Waals surface area contributed by atoms with Crippen LogP contribution in [0, 0.1) is 17.0 Å². The highest BCUT2D eigenvalue weighted by Crippen LogP contribution is 2.29. The second-order valence-electron chi connectivity index (χ2n) is 7.00. The molecule has 0 aliphatic rings. The summed E-state index contributed by atoms with van der Waals surface area (Å²) in [6.07, 6.45) is -1.29. The number of nitro groups is 1. The number of hydrogen-bond donors (Lipinski definition) is 3. The molecule has 0 bridgehead atoms. The summed E-state index contributed by atoms with van der Waals surface area (Å²) >= 11 is 6.13. The molecule has 1 amide bonds. The molecule has 32 heavy (non-hydrogen) atoms. The Morgan fingerprint density at radius 1 is 1.22 bits per heavy atom. The molecule has 0 fully saturated rings. The number of carbonyl (C=O) groups is 1. The first kappa shape index (κ1) is 23.3. The summed E-state index contributed by atoms with van der Waals surface area (Å²) in [5.41, 5.74) is 1.02. The number of carbonyl (C=O) groups excluding carboxylic acids is 1. The summed E-state index contributed by atoms with van der Waals surface area (Å²) in [5.74, 6) is 0.216. The minimum atomic E-state index is -1.29. The topological polar surface area (TPSA) is 135 Å². The number of ether oxygens (including phenoxy) is 1. The van der Waals surface area contributed by atoms with E-state index in [1.54, 1.807) is 12.1 Å². The lowest BCUT2D eigenvalue weighted by atomic mass is 10.0. The minimum Gasteiger partial charge on any atom is -0.484 e. The molecule has 2 atom stereocenters. The highest BCUT2D eigenvalue weighted by atomic mass is 35.5. The van der Waals surface area contributed by atoms with E-state index in [9.17, 15) is 25.1 Å². The number of non-ortho nitro benzene ring substituents is 1. The smallest absolute Gasteiger partial charge is 0.287 e. The van der Waals surface area contributed by atoms with Crippen molar-refractivity contribution in [3.05, 3.63) is 92.4 Å². The van der Waals surface area contributed by atoms with E-state index < -0.39 is 29.6 Å². The van der Waals surface area contributed by atoms with Gasteiger partial charge in [0, 0.05) is 12.1 Å². The molecule has 0 radical (unpaired) electrons. The van der Waals surface area contributed by atoms with Gasteiger partial charge in [0.05, 0.1) is 22.6 Å². The lowest BCUT2D eigenvalue weighted by Gasteiger charge is -2.22. The number of amides is 1. The number of hydrogen-bond acceptors (Lipinski definition) is 7. The summed E-state index contributed by atoms with van der Waals surface area (Å²) in [6, 6.07) is 12.5. The summed E-state index contributed by atoms with van der Waals surface area (Å²) in [6.45, 7) is 1.34. The lowest BCUT2D eigenvalue weighted by molar-refractivity contribution is -0.384. The Morgan fingerprint density at radius 2 is 1.94 bits per heavy atom. The molecule has 3 rings (SSSR count). The third-order valence-corrected chi connectivity index (χ3v) is 5.05. The number of furan rings is 1. The normalized spacial score (nSPS) is 12.8. The van der Waals surface area contributed by atoms with E-state index in [1.807, 2.05) is 19.1 Å². The average Bonchev–Trinajstić information content (AvgIpc) is 3.26. The number of halogens is 1. The zero-order chi connectivity index (χ0) is 23.3. The fraction of sp³-hybridized carbons (Fsp3) is 0.227. The van der Waals surface area contributed by atoms with Crippen LogP contribution in [0.3, 0.4) is 0 Å². The third kappa shape index (κ3) is 5.44. The molecule has 2 aromatic carbocycles. The number of rotatable bonds is 9. The molecule has 1 heterocycles. The standard InChI is InChI=1S/C22H21ClN2O7/c1-13-3-2-4-17(23)21(13)31-12-16-9-10-19(32-16)22(28)24-18(11-26)20(27)14-5-7-15(8-6-14)25(29)30/h2-10,18,20,26-27H,11-12H2,1H3,(H,24,28). The van der Waals surface area contributed by atoms with Crippen molar-refractivity contribution in [3.63, 3.8) is 0 Å². The van der Waals surface area contributed by atoms with Gasteiger partial charge in [-0.3, -0.25) is 14.9 Å². The van der Waals surface area contributed by atoms with Crippen LogP contribution in [0.2, 0.25) is 5.02 Å². The highest BCUT2D eigenvalue weighted by molar-refractivity contribution is 6.32. The highest BCUT2D eigenvalue weighted by Gasteiger charge is 2.24. The molecule has 3 N–H and O–H groups in total. The zero-order valence-corrected chi connectivity index (χ0v) is 17.8. The van der Waals surface area contributed by atoms with Crippen molar-refractivity contribution in [1.82, 2.24) is 5.32 Å². The van der Waals surface area contributed by atoms with Crippen molar-refractivity contribution in [1.29, 1.82) is 0 Å². The molecule has 0 saturated heterocycles. The molecule has 0 spiro atoms. The SMILES string of the molecule is Cc1cccc(Cl)c1OCc1ccc(C(=O)NC(CO)C(O)c2ccc([N+](=O)[O-])cc2)o1. The van der Waals surface area contributed by atoms with Crippen molar-refractivity contribution in [2.24, 2.45) is 0 Å². The minimum absolute atomic E-state index is 0.0335. The summed E-state index contributed by atoms with van der Waals surface area (Å²) < 4.78 is 11.2. The van der Waals surface area contributed by atoms with Gasteiger partial charge in [0.1, 0.15) is 24.2 Å². The number of benzene rings is 2. The van der Waals surface area contributed by atoms with E-state index in [1.165, 1.54) is 30.3 Å². The summed E-state index contributed by atoms with van der Waals surface area (Å²) in [7, 11) is 0. The first-order valence-electron chi connectivity index (χ1n) is 9.61. The molecule has 9 nitrogen and oxygen atoms in total. The van der Waals surface area contributed by atoms with E-state index in [0.717, 1.165) is 5.56 Å². The van der Waals surface area contributed by atoms with Crippen molar-refractivity contribution in [2.45, 2.75) is 25.7 Å². The maximum Gasteiger partial charge on any atom is 0.287 e. The van der Waals surface area contributed by atoms with E-state index in [2.05, 4.69) is 5.32 Å². The number of nitrogens with one attached hydrogen (secondary N) is 1. The van der Waals surface area contributed by atoms with E-state index in [-0.39, 0.29) is 18.1 Å². The second kappa shape index (κ2) is 10.3. The first-order chi connectivity index (χ1) is 15.3. The van der Waals surface area contributed by atoms with Gasteiger partial charge in [0.25, 0.3) is 11.6 Å². The van der Waals surface area contributed by atoms with Crippen LogP contribution in [0.1, 0.15) is 33.5 Å². The molecule has 0 aliphatic carbocycles. The predicted octanol–water partition coefficient (Wildman–Crippen LogP) is 3.55. The predicted molar refractivity (Wildman–Crippen MR) is 116 cm³/mol. The Kier molecular flexibility index (Phi) is 7.47. The van der Waals surface area contributed by atoms with Crippen LogP contribution >= 0.6 is 11.6 Å². The number of aliphatic hydroxyl groups is 2. The number of aryl methyl sites for hydroxylation is 1. The van der Waals surface area contributed by atoms with Crippen molar-refractivity contribution in [2.75, 3.05) is 6.61 Å². The van der Waals surface area contributed by atoms with Crippen LogP contribution in [0.5, 0.6) is 5.75 Å². The van der Waals surface area contributed by atoms with Gasteiger partial charge < -0.3 is 24.7 Å². The van der Waals surface area contributed by atoms with Gasteiger partial charge in [0.15, 0.2) is 5.76 Å². The average molecular weight is 461 g/mol. The van der Waals surface area contributed by atoms with Gasteiger partial charge >= 0.3 is 0 Å². The van der Waals surface area contributed by atoms with Gasteiger partial charge in [-0.05, 0) is 48.4 Å². The monoisotopic (exact) mass is 460 g/mol. The lowest BCUT2D eigenvalue weighted by Crippen LogP contribution is -2.41. The Balaban J connectivity index is 1.63. The quantitative estimate of drug-likeness (QED) is 0.328. The molecule has 10 heteroatoms. The third-order valence-electron chi connectivity index (χ3n) is 4.75. The maximum absolute atomic E-state index is 12.5. The van der Waals surface area contributed by atoms with Crippen LogP contribution in [0.25, 0.3) is 0 Å². The largest absolute Gasteiger partial charge is 0.484 e. The van der Waals surface area contributed by atoms with Gasteiger partial charge in [0.2, 0.25) is 0 Å². The van der Waals surface area contributed by atoms with Crippen molar-refractivity contribution in [3.8, 4) is 5.75 Å². The number of nitrogens with zero attached hydrogens (tertiary/aromatic N) is 1. The summed E-state index contributed by atoms with van der Waals surface area (Å²) in [4.78, 5) is 22.7. The molecule has 168 valence electrons. The fourth-order valence-electron chi connectivity index (χ4n) is 3.01. The van der Waals surface area contributed by atoms with Crippen LogP contribution in [-0.2, 0) is 6.61 Å². The van der Waals surface area contributed by atoms with Crippen molar-refractivity contribution < 1.29 is 29.1 Å². The molecule has 3 aromatic rings. The Labute approximate surface area is 188 Å². The van der Waals surface area contributed by atoms with Crippen LogP contribution in [0.15, 0.2) is 59.0 Å².